The first-order valence-corrected chi connectivity index (χ1v) is 9.46. The van der Waals surface area contributed by atoms with Gasteiger partial charge in [0.1, 0.15) is 0 Å². The molecule has 1 saturated heterocycles. The molecule has 0 bridgehead atoms. The fraction of sp³-hybridized carbons (Fsp3) is 0.273. The van der Waals surface area contributed by atoms with Gasteiger partial charge in [-0.2, -0.15) is 0 Å². The molecule has 4 rings (SSSR count). The van der Waals surface area contributed by atoms with E-state index < -0.39 is 0 Å². The third kappa shape index (κ3) is 4.03. The first-order chi connectivity index (χ1) is 13.2. The molecule has 2 aromatic carbocycles. The summed E-state index contributed by atoms with van der Waals surface area (Å²) < 4.78 is 0. The van der Waals surface area contributed by atoms with Gasteiger partial charge in [0.15, 0.2) is 0 Å². The SMILES string of the molecule is CC1CCN(c2ccc(NC(=O)Nc3cccc4cccnc34)cc2)CC1. The number of rotatable bonds is 3. The van der Waals surface area contributed by atoms with Crippen LogP contribution in [0, 0.1) is 5.92 Å². The van der Waals surface area contributed by atoms with Crippen LogP contribution in [0.3, 0.4) is 0 Å². The van der Waals surface area contributed by atoms with Crippen LogP contribution >= 0.6 is 0 Å². The van der Waals surface area contributed by atoms with Crippen molar-refractivity contribution in [3.05, 3.63) is 60.8 Å². The first-order valence-electron chi connectivity index (χ1n) is 9.46. The number of anilines is 3. The number of carbonyl (C=O) groups is 1. The summed E-state index contributed by atoms with van der Waals surface area (Å²) in [6, 6.07) is 17.4. The van der Waals surface area contributed by atoms with Crippen molar-refractivity contribution in [2.24, 2.45) is 5.92 Å². The second-order valence-electron chi connectivity index (χ2n) is 7.18. The second-order valence-corrected chi connectivity index (χ2v) is 7.18. The summed E-state index contributed by atoms with van der Waals surface area (Å²) in [5, 5.41) is 6.79. The van der Waals surface area contributed by atoms with Crippen LogP contribution in [0.15, 0.2) is 60.8 Å². The number of aromatic nitrogens is 1. The smallest absolute Gasteiger partial charge is 0.323 e. The van der Waals surface area contributed by atoms with Gasteiger partial charge in [0.05, 0.1) is 11.2 Å². The lowest BCUT2D eigenvalue weighted by molar-refractivity contribution is 0.262. The molecule has 27 heavy (non-hydrogen) atoms. The topological polar surface area (TPSA) is 57.3 Å². The molecule has 2 heterocycles. The van der Waals surface area contributed by atoms with Crippen LogP contribution in [0.5, 0.6) is 0 Å². The van der Waals surface area contributed by atoms with Crippen LogP contribution in [0.2, 0.25) is 0 Å². The molecule has 1 aliphatic heterocycles. The summed E-state index contributed by atoms with van der Waals surface area (Å²) in [5.41, 5.74) is 3.47. The summed E-state index contributed by atoms with van der Waals surface area (Å²) in [6.07, 6.45) is 4.20. The van der Waals surface area contributed by atoms with Crippen molar-refractivity contribution >= 4 is 34.0 Å². The van der Waals surface area contributed by atoms with E-state index in [4.69, 9.17) is 0 Å². The molecule has 5 heteroatoms. The molecule has 0 spiro atoms. The third-order valence-corrected chi connectivity index (χ3v) is 5.15. The number of nitrogens with one attached hydrogen (secondary N) is 2. The summed E-state index contributed by atoms with van der Waals surface area (Å²) in [4.78, 5) is 19.2. The van der Waals surface area contributed by atoms with Gasteiger partial charge in [-0.05, 0) is 55.2 Å². The van der Waals surface area contributed by atoms with Crippen LogP contribution in [0.1, 0.15) is 19.8 Å². The standard InChI is InChI=1S/C22H24N4O/c1-16-11-14-26(15-12-16)19-9-7-18(8-10-19)24-22(27)25-20-6-2-4-17-5-3-13-23-21(17)20/h2-10,13,16H,11-12,14-15H2,1H3,(H2,24,25,27). The Balaban J connectivity index is 1.41. The van der Waals surface area contributed by atoms with Crippen LogP contribution in [-0.2, 0) is 0 Å². The van der Waals surface area contributed by atoms with E-state index in [-0.39, 0.29) is 6.03 Å². The molecule has 0 unspecified atom stereocenters. The van der Waals surface area contributed by atoms with Crippen molar-refractivity contribution in [2.75, 3.05) is 28.6 Å². The van der Waals surface area contributed by atoms with E-state index in [1.165, 1.54) is 18.5 Å². The van der Waals surface area contributed by atoms with E-state index >= 15 is 0 Å². The number of hydrogen-bond acceptors (Lipinski definition) is 3. The van der Waals surface area contributed by atoms with Gasteiger partial charge < -0.3 is 15.5 Å². The molecule has 3 aromatic rings. The zero-order valence-corrected chi connectivity index (χ0v) is 15.5. The lowest BCUT2D eigenvalue weighted by atomic mass is 9.99. The lowest BCUT2D eigenvalue weighted by Crippen LogP contribution is -2.32. The van der Waals surface area contributed by atoms with Crippen LogP contribution in [0.25, 0.3) is 10.9 Å². The average Bonchev–Trinajstić information content (AvgIpc) is 2.69. The number of para-hydroxylation sites is 1. The highest BCUT2D eigenvalue weighted by atomic mass is 16.2. The Morgan fingerprint density at radius 2 is 1.74 bits per heavy atom. The van der Waals surface area contributed by atoms with Gasteiger partial charge in [-0.3, -0.25) is 4.98 Å². The third-order valence-electron chi connectivity index (χ3n) is 5.15. The monoisotopic (exact) mass is 360 g/mol. The fourth-order valence-electron chi connectivity index (χ4n) is 3.51. The molecular weight excluding hydrogens is 336 g/mol. The van der Waals surface area contributed by atoms with E-state index in [9.17, 15) is 4.79 Å². The normalized spacial score (nSPS) is 14.9. The van der Waals surface area contributed by atoms with Crippen LogP contribution in [-0.4, -0.2) is 24.1 Å². The molecule has 2 N–H and O–H groups in total. The number of pyridine rings is 1. The number of benzene rings is 2. The van der Waals surface area contributed by atoms with Crippen LogP contribution < -0.4 is 15.5 Å². The second kappa shape index (κ2) is 7.66. The van der Waals surface area contributed by atoms with E-state index in [1.54, 1.807) is 6.20 Å². The van der Waals surface area contributed by atoms with Crippen molar-refractivity contribution in [1.82, 2.24) is 4.98 Å². The van der Waals surface area contributed by atoms with Gasteiger partial charge in [-0.25, -0.2) is 4.79 Å². The van der Waals surface area contributed by atoms with Gasteiger partial charge in [0, 0.05) is 36.0 Å². The number of amides is 2. The predicted molar refractivity (Wildman–Crippen MR) is 111 cm³/mol. The number of fused-ring (bicyclic) bond motifs is 1. The highest BCUT2D eigenvalue weighted by Crippen LogP contribution is 2.25. The number of carbonyl (C=O) groups excluding carboxylic acids is 1. The first kappa shape index (κ1) is 17.3. The Bertz CT molecular complexity index is 925. The maximum Gasteiger partial charge on any atom is 0.323 e. The highest BCUT2D eigenvalue weighted by Gasteiger charge is 2.16. The minimum absolute atomic E-state index is 0.271. The predicted octanol–water partition coefficient (Wildman–Crippen LogP) is 5.12. The molecule has 0 saturated carbocycles. The van der Waals surface area contributed by atoms with E-state index in [0.717, 1.165) is 35.6 Å². The molecule has 1 fully saturated rings. The number of nitrogens with zero attached hydrogens (tertiary/aromatic N) is 2. The largest absolute Gasteiger partial charge is 0.372 e. The quantitative estimate of drug-likeness (QED) is 0.682. The van der Waals surface area contributed by atoms with E-state index in [2.05, 4.69) is 39.6 Å². The van der Waals surface area contributed by atoms with E-state index in [0.29, 0.717) is 5.69 Å². The molecule has 1 aliphatic rings. The summed E-state index contributed by atoms with van der Waals surface area (Å²) in [7, 11) is 0. The highest BCUT2D eigenvalue weighted by molar-refractivity contribution is 6.05. The zero-order chi connectivity index (χ0) is 18.6. The molecule has 1 aromatic heterocycles. The van der Waals surface area contributed by atoms with Crippen molar-refractivity contribution < 1.29 is 4.79 Å². The van der Waals surface area contributed by atoms with Gasteiger partial charge in [-0.1, -0.05) is 25.1 Å². The van der Waals surface area contributed by atoms with Gasteiger partial charge >= 0.3 is 6.03 Å². The van der Waals surface area contributed by atoms with Crippen molar-refractivity contribution in [1.29, 1.82) is 0 Å². The van der Waals surface area contributed by atoms with Crippen molar-refractivity contribution in [3.63, 3.8) is 0 Å². The molecular formula is C22H24N4O. The summed E-state index contributed by atoms with van der Waals surface area (Å²) >= 11 is 0. The Kier molecular flexibility index (Phi) is 4.92. The minimum atomic E-state index is -0.271. The maximum absolute atomic E-state index is 12.4. The zero-order valence-electron chi connectivity index (χ0n) is 15.5. The van der Waals surface area contributed by atoms with E-state index in [1.807, 2.05) is 42.5 Å². The van der Waals surface area contributed by atoms with Gasteiger partial charge in [-0.15, -0.1) is 0 Å². The Hall–Kier alpha value is -3.08. The lowest BCUT2D eigenvalue weighted by Gasteiger charge is -2.32. The number of hydrogen-bond donors (Lipinski definition) is 2. The molecule has 5 nitrogen and oxygen atoms in total. The summed E-state index contributed by atoms with van der Waals surface area (Å²) in [5.74, 6) is 0.814. The average molecular weight is 360 g/mol. The Labute approximate surface area is 159 Å². The maximum atomic E-state index is 12.4. The van der Waals surface area contributed by atoms with Crippen LogP contribution in [0.4, 0.5) is 21.9 Å². The number of urea groups is 1. The Morgan fingerprint density at radius 1 is 1.00 bits per heavy atom. The molecule has 2 amide bonds. The summed E-state index contributed by atoms with van der Waals surface area (Å²) in [6.45, 7) is 4.51. The van der Waals surface area contributed by atoms with Gasteiger partial charge in [0.25, 0.3) is 0 Å². The van der Waals surface area contributed by atoms with Crippen molar-refractivity contribution in [3.8, 4) is 0 Å². The van der Waals surface area contributed by atoms with Gasteiger partial charge in [0.2, 0.25) is 0 Å². The number of piperidine rings is 1. The Morgan fingerprint density at radius 3 is 2.52 bits per heavy atom. The molecule has 0 aliphatic carbocycles. The fourth-order valence-corrected chi connectivity index (χ4v) is 3.51. The minimum Gasteiger partial charge on any atom is -0.372 e. The van der Waals surface area contributed by atoms with Crippen molar-refractivity contribution in [2.45, 2.75) is 19.8 Å². The molecule has 0 atom stereocenters. The molecule has 138 valence electrons. The molecule has 0 radical (unpaired) electrons.